The van der Waals surface area contributed by atoms with Crippen LogP contribution in [0.4, 0.5) is 5.82 Å². The average Bonchev–Trinajstić information content (AvgIpc) is 3.18. The summed E-state index contributed by atoms with van der Waals surface area (Å²) >= 11 is 0. The van der Waals surface area contributed by atoms with Crippen LogP contribution in [0.1, 0.15) is 54.7 Å². The van der Waals surface area contributed by atoms with Gasteiger partial charge >= 0.3 is 0 Å². The molecule has 1 N–H and O–H groups in total. The van der Waals surface area contributed by atoms with Crippen molar-refractivity contribution < 1.29 is 4.79 Å². The lowest BCUT2D eigenvalue weighted by atomic mass is 10.1. The molecule has 3 aromatic rings. The Labute approximate surface area is 139 Å². The van der Waals surface area contributed by atoms with Gasteiger partial charge in [-0.15, -0.1) is 0 Å². The highest BCUT2D eigenvalue weighted by molar-refractivity contribution is 6.11. The number of pyridine rings is 1. The minimum absolute atomic E-state index is 0.175. The van der Waals surface area contributed by atoms with Gasteiger partial charge in [-0.1, -0.05) is 0 Å². The molecular weight excluding hydrogens is 304 g/mol. The van der Waals surface area contributed by atoms with E-state index in [4.69, 9.17) is 4.98 Å². The lowest BCUT2D eigenvalue weighted by Crippen LogP contribution is -2.14. The summed E-state index contributed by atoms with van der Waals surface area (Å²) in [6.07, 6.45) is 5.79. The smallest absolute Gasteiger partial charge is 0.257 e. The highest BCUT2D eigenvalue weighted by Crippen LogP contribution is 2.40. The molecule has 7 heteroatoms. The highest BCUT2D eigenvalue weighted by Gasteiger charge is 2.28. The lowest BCUT2D eigenvalue weighted by molar-refractivity contribution is 0.102. The summed E-state index contributed by atoms with van der Waals surface area (Å²) < 4.78 is 3.53. The molecule has 3 heterocycles. The Hall–Kier alpha value is -2.70. The molecule has 1 aliphatic rings. The number of amides is 1. The zero-order chi connectivity index (χ0) is 16.8. The predicted molar refractivity (Wildman–Crippen MR) is 91.0 cm³/mol. The molecule has 0 radical (unpaired) electrons. The molecule has 0 bridgehead atoms. The summed E-state index contributed by atoms with van der Waals surface area (Å²) in [5.74, 6) is 0.828. The van der Waals surface area contributed by atoms with Crippen molar-refractivity contribution in [1.29, 1.82) is 0 Å². The van der Waals surface area contributed by atoms with Gasteiger partial charge in [-0.2, -0.15) is 10.2 Å². The van der Waals surface area contributed by atoms with Crippen LogP contribution in [0.15, 0.2) is 24.5 Å². The molecular formula is C17H20N6O. The Morgan fingerprint density at radius 1 is 1.38 bits per heavy atom. The van der Waals surface area contributed by atoms with Gasteiger partial charge < -0.3 is 5.32 Å². The van der Waals surface area contributed by atoms with Crippen molar-refractivity contribution in [3.8, 4) is 0 Å². The van der Waals surface area contributed by atoms with Gasteiger partial charge in [0.2, 0.25) is 0 Å². The molecule has 0 aromatic carbocycles. The van der Waals surface area contributed by atoms with Crippen molar-refractivity contribution in [1.82, 2.24) is 24.5 Å². The predicted octanol–water partition coefficient (Wildman–Crippen LogP) is 2.88. The second-order valence-electron chi connectivity index (χ2n) is 6.62. The van der Waals surface area contributed by atoms with E-state index >= 15 is 0 Å². The monoisotopic (exact) mass is 324 g/mol. The molecule has 0 atom stereocenters. The molecule has 0 aliphatic heterocycles. The van der Waals surface area contributed by atoms with Crippen LogP contribution in [0.25, 0.3) is 11.0 Å². The van der Waals surface area contributed by atoms with Gasteiger partial charge in [0.1, 0.15) is 0 Å². The van der Waals surface area contributed by atoms with E-state index in [9.17, 15) is 4.79 Å². The quantitative estimate of drug-likeness (QED) is 0.800. The van der Waals surface area contributed by atoms with Gasteiger partial charge in [0.15, 0.2) is 11.5 Å². The summed E-state index contributed by atoms with van der Waals surface area (Å²) in [6.45, 7) is 4.12. The zero-order valence-corrected chi connectivity index (χ0v) is 14.0. The van der Waals surface area contributed by atoms with E-state index in [2.05, 4.69) is 29.4 Å². The average molecular weight is 324 g/mol. The molecule has 1 saturated carbocycles. The number of fused-ring (bicyclic) bond motifs is 1. The Morgan fingerprint density at radius 3 is 2.79 bits per heavy atom. The van der Waals surface area contributed by atoms with Gasteiger partial charge in [0.05, 0.1) is 17.1 Å². The normalized spacial score (nSPS) is 14.5. The fourth-order valence-corrected chi connectivity index (χ4v) is 2.86. The molecule has 0 saturated heterocycles. The number of carbonyl (C=O) groups is 1. The Balaban J connectivity index is 1.79. The lowest BCUT2D eigenvalue weighted by Gasteiger charge is -2.10. The number of nitrogens with zero attached hydrogens (tertiary/aromatic N) is 5. The van der Waals surface area contributed by atoms with E-state index in [1.165, 1.54) is 0 Å². The fourth-order valence-electron chi connectivity index (χ4n) is 2.86. The number of anilines is 1. The SMILES string of the molecule is CC(C)n1ncc2c(C(=O)Nc3ccn(C)n3)cc(C3CC3)nc21. The minimum atomic E-state index is -0.175. The first kappa shape index (κ1) is 14.9. The minimum Gasteiger partial charge on any atom is -0.305 e. The molecule has 0 unspecified atom stereocenters. The molecule has 24 heavy (non-hydrogen) atoms. The van der Waals surface area contributed by atoms with Crippen molar-refractivity contribution in [2.75, 3.05) is 5.32 Å². The van der Waals surface area contributed by atoms with E-state index < -0.39 is 0 Å². The Kier molecular flexibility index (Phi) is 3.37. The molecule has 4 rings (SSSR count). The van der Waals surface area contributed by atoms with Crippen LogP contribution in [0.3, 0.4) is 0 Å². The van der Waals surface area contributed by atoms with Crippen molar-refractivity contribution in [2.24, 2.45) is 7.05 Å². The van der Waals surface area contributed by atoms with Gasteiger partial charge in [0.25, 0.3) is 5.91 Å². The van der Waals surface area contributed by atoms with Crippen LogP contribution in [0.2, 0.25) is 0 Å². The van der Waals surface area contributed by atoms with Crippen LogP contribution in [0, 0.1) is 0 Å². The number of hydrogen-bond acceptors (Lipinski definition) is 4. The highest BCUT2D eigenvalue weighted by atomic mass is 16.1. The van der Waals surface area contributed by atoms with Crippen molar-refractivity contribution in [2.45, 2.75) is 38.6 Å². The first-order chi connectivity index (χ1) is 11.5. The number of carbonyl (C=O) groups excluding carboxylic acids is 1. The summed E-state index contributed by atoms with van der Waals surface area (Å²) in [4.78, 5) is 17.6. The van der Waals surface area contributed by atoms with Gasteiger partial charge in [-0.25, -0.2) is 9.67 Å². The molecule has 124 valence electrons. The molecule has 1 fully saturated rings. The van der Waals surface area contributed by atoms with Crippen LogP contribution < -0.4 is 5.32 Å². The number of rotatable bonds is 4. The van der Waals surface area contributed by atoms with Gasteiger partial charge in [-0.3, -0.25) is 9.48 Å². The second-order valence-corrected chi connectivity index (χ2v) is 6.62. The summed E-state index contributed by atoms with van der Waals surface area (Å²) in [7, 11) is 1.82. The van der Waals surface area contributed by atoms with Crippen LogP contribution in [0.5, 0.6) is 0 Å². The first-order valence-electron chi connectivity index (χ1n) is 8.22. The maximum absolute atomic E-state index is 12.8. The summed E-state index contributed by atoms with van der Waals surface area (Å²) in [5.41, 5.74) is 2.37. The number of nitrogens with one attached hydrogen (secondary N) is 1. The molecule has 1 aliphatic carbocycles. The first-order valence-corrected chi connectivity index (χ1v) is 8.22. The Morgan fingerprint density at radius 2 is 2.17 bits per heavy atom. The van der Waals surface area contributed by atoms with E-state index in [1.807, 2.05) is 17.8 Å². The molecule has 7 nitrogen and oxygen atoms in total. The summed E-state index contributed by atoms with van der Waals surface area (Å²) in [5, 5.41) is 12.3. The third kappa shape index (κ3) is 2.55. The van der Waals surface area contributed by atoms with E-state index in [0.717, 1.165) is 29.6 Å². The van der Waals surface area contributed by atoms with Gasteiger partial charge in [0, 0.05) is 37.0 Å². The van der Waals surface area contributed by atoms with Crippen molar-refractivity contribution in [3.63, 3.8) is 0 Å². The zero-order valence-electron chi connectivity index (χ0n) is 14.0. The van der Waals surface area contributed by atoms with Crippen LogP contribution >= 0.6 is 0 Å². The maximum atomic E-state index is 12.8. The summed E-state index contributed by atoms with van der Waals surface area (Å²) in [6, 6.07) is 3.87. The molecule has 3 aromatic heterocycles. The molecule has 0 spiro atoms. The topological polar surface area (TPSA) is 77.6 Å². The van der Waals surface area contributed by atoms with Crippen molar-refractivity contribution >= 4 is 22.8 Å². The van der Waals surface area contributed by atoms with E-state index in [-0.39, 0.29) is 11.9 Å². The van der Waals surface area contributed by atoms with Crippen LogP contribution in [-0.2, 0) is 7.05 Å². The number of aromatic nitrogens is 5. The van der Waals surface area contributed by atoms with Crippen molar-refractivity contribution in [3.05, 3.63) is 35.8 Å². The maximum Gasteiger partial charge on any atom is 0.257 e. The van der Waals surface area contributed by atoms with Gasteiger partial charge in [-0.05, 0) is 32.8 Å². The standard InChI is InChI=1S/C17H20N6O/c1-10(2)23-16-13(9-18-23)12(8-14(19-16)11-4-5-11)17(24)20-15-6-7-22(3)21-15/h6-11H,4-5H2,1-3H3,(H,20,21,24). The second kappa shape index (κ2) is 5.43. The largest absolute Gasteiger partial charge is 0.305 e. The Bertz CT molecular complexity index is 918. The fraction of sp³-hybridized carbons (Fsp3) is 0.412. The van der Waals surface area contributed by atoms with E-state index in [1.54, 1.807) is 23.1 Å². The van der Waals surface area contributed by atoms with Crippen LogP contribution in [-0.4, -0.2) is 30.5 Å². The van der Waals surface area contributed by atoms with E-state index in [0.29, 0.717) is 17.3 Å². The third-order valence-electron chi connectivity index (χ3n) is 4.27. The number of hydrogen-bond donors (Lipinski definition) is 1. The molecule has 1 amide bonds. The third-order valence-corrected chi connectivity index (χ3v) is 4.27. The number of aryl methyl sites for hydroxylation is 1.